The largest absolute Gasteiger partial charge is 0.462 e. The first-order valence-electron chi connectivity index (χ1n) is 32.1. The van der Waals surface area contributed by atoms with Gasteiger partial charge in [0.1, 0.15) is 13.2 Å². The van der Waals surface area contributed by atoms with Crippen LogP contribution >= 0.6 is 0 Å². The van der Waals surface area contributed by atoms with Crippen molar-refractivity contribution in [3.63, 3.8) is 0 Å². The average Bonchev–Trinajstić information content (AvgIpc) is 3.41. The lowest BCUT2D eigenvalue weighted by Gasteiger charge is -2.18. The molecule has 1 atom stereocenters. The third kappa shape index (κ3) is 61.3. The third-order valence-electron chi connectivity index (χ3n) is 13.9. The predicted octanol–water partition coefficient (Wildman–Crippen LogP) is 21.9. The highest BCUT2D eigenvalue weighted by Crippen LogP contribution is 2.16. The summed E-state index contributed by atoms with van der Waals surface area (Å²) < 4.78 is 16.9. The second kappa shape index (κ2) is 63.1. The molecular weight excluding hydrogens is 925 g/mol. The van der Waals surface area contributed by atoms with E-state index >= 15 is 0 Å². The summed E-state index contributed by atoms with van der Waals surface area (Å²) in [5.41, 5.74) is 0. The Labute approximate surface area is 465 Å². The minimum Gasteiger partial charge on any atom is -0.462 e. The first-order chi connectivity index (χ1) is 37.0. The fraction of sp³-hybridized carbons (Fsp3) is 0.754. The monoisotopic (exact) mass is 1040 g/mol. The van der Waals surface area contributed by atoms with Crippen molar-refractivity contribution < 1.29 is 28.6 Å². The van der Waals surface area contributed by atoms with Crippen LogP contribution in [0, 0.1) is 0 Å². The van der Waals surface area contributed by atoms with Gasteiger partial charge in [0.2, 0.25) is 0 Å². The lowest BCUT2D eigenvalue weighted by molar-refractivity contribution is -0.167. The van der Waals surface area contributed by atoms with Crippen LogP contribution in [-0.2, 0) is 28.6 Å². The van der Waals surface area contributed by atoms with E-state index < -0.39 is 6.10 Å². The molecule has 0 aliphatic heterocycles. The van der Waals surface area contributed by atoms with Crippen LogP contribution in [0.3, 0.4) is 0 Å². The Morgan fingerprint density at radius 2 is 0.480 bits per heavy atom. The average molecular weight is 1050 g/mol. The van der Waals surface area contributed by atoms with Crippen molar-refractivity contribution in [3.05, 3.63) is 85.1 Å². The zero-order valence-corrected chi connectivity index (χ0v) is 49.6. The molecule has 0 bridgehead atoms. The van der Waals surface area contributed by atoms with Gasteiger partial charge in [-0.1, -0.05) is 279 Å². The Morgan fingerprint density at radius 1 is 0.267 bits per heavy atom. The van der Waals surface area contributed by atoms with Crippen molar-refractivity contribution in [2.75, 3.05) is 13.2 Å². The quantitative estimate of drug-likeness (QED) is 0.0261. The van der Waals surface area contributed by atoms with Crippen LogP contribution in [0.1, 0.15) is 316 Å². The molecule has 0 N–H and O–H groups in total. The lowest BCUT2D eigenvalue weighted by atomic mass is 10.0. The van der Waals surface area contributed by atoms with E-state index in [4.69, 9.17) is 14.2 Å². The molecule has 0 unspecified atom stereocenters. The minimum atomic E-state index is -0.798. The maximum Gasteiger partial charge on any atom is 0.306 e. The van der Waals surface area contributed by atoms with Gasteiger partial charge in [-0.25, -0.2) is 0 Å². The number of rotatable bonds is 58. The van der Waals surface area contributed by atoms with Gasteiger partial charge in [-0.2, -0.15) is 0 Å². The van der Waals surface area contributed by atoms with E-state index in [-0.39, 0.29) is 31.1 Å². The molecule has 0 aromatic carbocycles. The van der Waals surface area contributed by atoms with Gasteiger partial charge < -0.3 is 14.2 Å². The molecule has 432 valence electrons. The third-order valence-corrected chi connectivity index (χ3v) is 13.9. The molecule has 0 radical (unpaired) electrons. The standard InChI is InChI=1S/C69H120O6/c1-4-7-10-13-16-19-22-25-28-31-34-37-40-43-46-49-52-55-58-61-67(70)73-64-66(75-69(72)63-60-57-54-51-48-45-42-39-36-33-30-27-24-21-18-15-12-9-6-3)65-74-68(71)62-59-56-53-50-47-44-41-38-35-32-29-26-23-20-17-14-11-8-5-2/h16,18-19,21,25,27-28,30,34,36-37,39,43,46,66H,4-15,17,20,22-24,26,29,31-33,35,38,40-42,44-45,47-65H2,1-3H3/b19-16-,21-18-,28-25-,30-27-,37-34-,39-36-,46-43-/t66-/m0/s1. The number of hydrogen-bond donors (Lipinski definition) is 0. The first kappa shape index (κ1) is 71.6. The summed E-state index contributed by atoms with van der Waals surface area (Å²) in [4.78, 5) is 38.3. The van der Waals surface area contributed by atoms with Gasteiger partial charge in [0, 0.05) is 19.3 Å². The maximum atomic E-state index is 12.9. The van der Waals surface area contributed by atoms with E-state index in [1.807, 2.05) is 0 Å². The van der Waals surface area contributed by atoms with Crippen LogP contribution < -0.4 is 0 Å². The van der Waals surface area contributed by atoms with Crippen molar-refractivity contribution in [2.45, 2.75) is 322 Å². The maximum absolute atomic E-state index is 12.9. The summed E-state index contributed by atoms with van der Waals surface area (Å²) in [6.07, 6.45) is 82.9. The smallest absolute Gasteiger partial charge is 0.306 e. The zero-order valence-electron chi connectivity index (χ0n) is 49.6. The fourth-order valence-corrected chi connectivity index (χ4v) is 9.02. The molecule has 0 aliphatic rings. The van der Waals surface area contributed by atoms with Crippen molar-refractivity contribution in [3.8, 4) is 0 Å². The van der Waals surface area contributed by atoms with Gasteiger partial charge in [-0.05, 0) is 103 Å². The zero-order chi connectivity index (χ0) is 54.3. The molecule has 0 spiro atoms. The van der Waals surface area contributed by atoms with Gasteiger partial charge >= 0.3 is 17.9 Å². The fourth-order valence-electron chi connectivity index (χ4n) is 9.02. The molecule has 6 heteroatoms. The van der Waals surface area contributed by atoms with Crippen LogP contribution in [-0.4, -0.2) is 37.2 Å². The Bertz CT molecular complexity index is 1430. The summed E-state index contributed by atoms with van der Waals surface area (Å²) in [6.45, 7) is 6.58. The molecular formula is C69H120O6. The van der Waals surface area contributed by atoms with Gasteiger partial charge in [-0.15, -0.1) is 0 Å². The second-order valence-corrected chi connectivity index (χ2v) is 21.3. The summed E-state index contributed by atoms with van der Waals surface area (Å²) in [6, 6.07) is 0. The highest BCUT2D eigenvalue weighted by atomic mass is 16.6. The molecule has 6 nitrogen and oxygen atoms in total. The summed E-state index contributed by atoms with van der Waals surface area (Å²) in [7, 11) is 0. The van der Waals surface area contributed by atoms with Crippen LogP contribution in [0.5, 0.6) is 0 Å². The van der Waals surface area contributed by atoms with E-state index in [0.717, 1.165) is 109 Å². The molecule has 0 aromatic heterocycles. The molecule has 0 heterocycles. The summed E-state index contributed by atoms with van der Waals surface area (Å²) >= 11 is 0. The number of unbranched alkanes of at least 4 members (excludes halogenated alkanes) is 33. The Hall–Kier alpha value is -3.41. The molecule has 0 saturated carbocycles. The molecule has 0 aromatic rings. The predicted molar refractivity (Wildman–Crippen MR) is 325 cm³/mol. The number of allylic oxidation sites excluding steroid dienone is 14. The lowest BCUT2D eigenvalue weighted by Crippen LogP contribution is -2.30. The van der Waals surface area contributed by atoms with Crippen molar-refractivity contribution in [1.82, 2.24) is 0 Å². The molecule has 75 heavy (non-hydrogen) atoms. The number of carbonyl (C=O) groups is 3. The van der Waals surface area contributed by atoms with Crippen molar-refractivity contribution in [1.29, 1.82) is 0 Å². The van der Waals surface area contributed by atoms with E-state index in [2.05, 4.69) is 106 Å². The van der Waals surface area contributed by atoms with Crippen molar-refractivity contribution >= 4 is 17.9 Å². The van der Waals surface area contributed by atoms with Crippen LogP contribution in [0.15, 0.2) is 85.1 Å². The highest BCUT2D eigenvalue weighted by molar-refractivity contribution is 5.71. The van der Waals surface area contributed by atoms with Crippen LogP contribution in [0.2, 0.25) is 0 Å². The number of ether oxygens (including phenoxy) is 3. The van der Waals surface area contributed by atoms with E-state index in [1.165, 1.54) is 167 Å². The van der Waals surface area contributed by atoms with Gasteiger partial charge in [0.25, 0.3) is 0 Å². The topological polar surface area (TPSA) is 78.9 Å². The molecule has 0 rings (SSSR count). The van der Waals surface area contributed by atoms with E-state index in [1.54, 1.807) is 0 Å². The first-order valence-corrected chi connectivity index (χ1v) is 32.1. The summed E-state index contributed by atoms with van der Waals surface area (Å²) in [5.74, 6) is -0.921. The van der Waals surface area contributed by atoms with E-state index in [9.17, 15) is 14.4 Å². The molecule has 0 saturated heterocycles. The Balaban J connectivity index is 4.45. The Morgan fingerprint density at radius 3 is 0.787 bits per heavy atom. The van der Waals surface area contributed by atoms with Crippen molar-refractivity contribution in [2.24, 2.45) is 0 Å². The van der Waals surface area contributed by atoms with Gasteiger partial charge in [-0.3, -0.25) is 14.4 Å². The number of carbonyl (C=O) groups excluding carboxylic acids is 3. The number of hydrogen-bond acceptors (Lipinski definition) is 6. The molecule has 0 fully saturated rings. The molecule has 0 aliphatic carbocycles. The van der Waals surface area contributed by atoms with Crippen LogP contribution in [0.4, 0.5) is 0 Å². The van der Waals surface area contributed by atoms with Crippen LogP contribution in [0.25, 0.3) is 0 Å². The minimum absolute atomic E-state index is 0.0900. The normalized spacial score (nSPS) is 12.6. The van der Waals surface area contributed by atoms with Gasteiger partial charge in [0.05, 0.1) is 0 Å². The Kier molecular flexibility index (Phi) is 60.3. The van der Waals surface area contributed by atoms with E-state index in [0.29, 0.717) is 19.3 Å². The number of esters is 3. The highest BCUT2D eigenvalue weighted by Gasteiger charge is 2.19. The molecule has 0 amide bonds. The SMILES string of the molecule is CCCCC/C=C\C/C=C\C/C=C\C/C=C\CCCCCC(=O)OC[C@@H](COC(=O)CCCCCCCCCCCCCCCCCCCCC)OC(=O)CCCCCCCC/C=C\C/C=C\C/C=C\CCCCC. The van der Waals surface area contributed by atoms with Gasteiger partial charge in [0.15, 0.2) is 6.10 Å². The summed E-state index contributed by atoms with van der Waals surface area (Å²) in [5, 5.41) is 0. The second-order valence-electron chi connectivity index (χ2n) is 21.3.